The van der Waals surface area contributed by atoms with E-state index in [2.05, 4.69) is 19.9 Å². The summed E-state index contributed by atoms with van der Waals surface area (Å²) < 4.78 is 66.3. The van der Waals surface area contributed by atoms with E-state index in [0.717, 1.165) is 12.1 Å². The number of aromatic nitrogens is 3. The Bertz CT molecular complexity index is 1050. The molecule has 6 nitrogen and oxygen atoms in total. The third kappa shape index (κ3) is 4.92. The van der Waals surface area contributed by atoms with Crippen LogP contribution >= 0.6 is 0 Å². The lowest BCUT2D eigenvalue weighted by Gasteiger charge is -2.06. The third-order valence-electron chi connectivity index (χ3n) is 3.66. The molecule has 0 bridgehead atoms. The van der Waals surface area contributed by atoms with Crippen molar-refractivity contribution in [2.75, 3.05) is 6.54 Å². The second-order valence-corrected chi connectivity index (χ2v) is 7.46. The maximum atomic E-state index is 13.6. The normalized spacial score (nSPS) is 11.7. The highest BCUT2D eigenvalue weighted by molar-refractivity contribution is 7.89. The van der Waals surface area contributed by atoms with Gasteiger partial charge in [-0.3, -0.25) is 5.10 Å². The fourth-order valence-corrected chi connectivity index (χ4v) is 3.54. The first-order chi connectivity index (χ1) is 12.8. The molecule has 0 aliphatic heterocycles. The molecule has 0 radical (unpaired) electrons. The van der Waals surface area contributed by atoms with E-state index in [1.165, 1.54) is 12.1 Å². The molecule has 0 saturated carbocycles. The molecule has 0 amide bonds. The van der Waals surface area contributed by atoms with Gasteiger partial charge >= 0.3 is 0 Å². The molecule has 27 heavy (non-hydrogen) atoms. The number of nitrogens with zero attached hydrogens (tertiary/aromatic N) is 2. The lowest BCUT2D eigenvalue weighted by Crippen LogP contribution is -2.27. The number of sulfonamides is 1. The average molecular weight is 396 g/mol. The smallest absolute Gasteiger partial charge is 0.243 e. The summed E-state index contributed by atoms with van der Waals surface area (Å²) >= 11 is 0. The van der Waals surface area contributed by atoms with E-state index >= 15 is 0 Å². The van der Waals surface area contributed by atoms with Crippen molar-refractivity contribution in [1.82, 2.24) is 19.9 Å². The predicted molar refractivity (Wildman–Crippen MR) is 90.8 cm³/mol. The monoisotopic (exact) mass is 396 g/mol. The summed E-state index contributed by atoms with van der Waals surface area (Å²) in [5.41, 5.74) is 0.708. The summed E-state index contributed by atoms with van der Waals surface area (Å²) in [6.07, 6.45) is 0.473. The van der Waals surface area contributed by atoms with Gasteiger partial charge in [0.2, 0.25) is 10.0 Å². The highest BCUT2D eigenvalue weighted by atomic mass is 32.2. The molecule has 0 aliphatic carbocycles. The predicted octanol–water partition coefficient (Wildman–Crippen LogP) is 2.33. The zero-order valence-electron chi connectivity index (χ0n) is 13.9. The van der Waals surface area contributed by atoms with Crippen molar-refractivity contribution in [2.45, 2.75) is 17.7 Å². The number of nitrogens with one attached hydrogen (secondary N) is 2. The van der Waals surface area contributed by atoms with Crippen LogP contribution < -0.4 is 4.72 Å². The molecule has 3 aromatic rings. The van der Waals surface area contributed by atoms with Crippen LogP contribution in [0.5, 0.6) is 0 Å². The highest BCUT2D eigenvalue weighted by Gasteiger charge is 2.19. The number of hydrogen-bond donors (Lipinski definition) is 2. The molecule has 0 fully saturated rings. The molecule has 10 heteroatoms. The SMILES string of the molecule is O=S(=O)(NCCc1n[nH]c(Cc2cccc(F)c2)n1)c1cc(F)ccc1F. The summed E-state index contributed by atoms with van der Waals surface area (Å²) in [7, 11) is -4.20. The maximum absolute atomic E-state index is 13.6. The van der Waals surface area contributed by atoms with E-state index in [0.29, 0.717) is 29.7 Å². The van der Waals surface area contributed by atoms with Crippen LogP contribution in [0.2, 0.25) is 0 Å². The Hall–Kier alpha value is -2.72. The Labute approximate surface area is 153 Å². The zero-order valence-corrected chi connectivity index (χ0v) is 14.7. The quantitative estimate of drug-likeness (QED) is 0.642. The molecule has 142 valence electrons. The van der Waals surface area contributed by atoms with E-state index < -0.39 is 26.6 Å². The Morgan fingerprint density at radius 3 is 2.59 bits per heavy atom. The van der Waals surface area contributed by atoms with Gasteiger partial charge in [-0.2, -0.15) is 5.10 Å². The number of hydrogen-bond acceptors (Lipinski definition) is 4. The van der Waals surface area contributed by atoms with E-state index in [1.54, 1.807) is 12.1 Å². The fourth-order valence-electron chi connectivity index (χ4n) is 2.42. The van der Waals surface area contributed by atoms with E-state index in [4.69, 9.17) is 0 Å². The first-order valence-electron chi connectivity index (χ1n) is 7.93. The van der Waals surface area contributed by atoms with Gasteiger partial charge in [-0.25, -0.2) is 31.3 Å². The third-order valence-corrected chi connectivity index (χ3v) is 5.14. The molecule has 0 aliphatic rings. The molecule has 2 aromatic carbocycles. The standard InChI is InChI=1S/C17H15F3N4O2S/c18-12-3-1-2-11(8-12)9-17-22-16(23-24-17)6-7-21-27(25,26)15-10-13(19)4-5-14(15)20/h1-5,8,10,21H,6-7,9H2,(H,22,23,24). The fraction of sp³-hybridized carbons (Fsp3) is 0.176. The lowest BCUT2D eigenvalue weighted by molar-refractivity contribution is 0.545. The van der Waals surface area contributed by atoms with Gasteiger partial charge in [0, 0.05) is 19.4 Å². The van der Waals surface area contributed by atoms with Crippen LogP contribution in [0.15, 0.2) is 47.4 Å². The van der Waals surface area contributed by atoms with Crippen molar-refractivity contribution in [1.29, 1.82) is 0 Å². The topological polar surface area (TPSA) is 87.7 Å². The van der Waals surface area contributed by atoms with Gasteiger partial charge < -0.3 is 0 Å². The van der Waals surface area contributed by atoms with Crippen LogP contribution in [-0.4, -0.2) is 30.1 Å². The van der Waals surface area contributed by atoms with Crippen molar-refractivity contribution < 1.29 is 21.6 Å². The molecular weight excluding hydrogens is 381 g/mol. The first-order valence-corrected chi connectivity index (χ1v) is 9.41. The molecule has 2 N–H and O–H groups in total. The van der Waals surface area contributed by atoms with Crippen LogP contribution in [0.4, 0.5) is 13.2 Å². The minimum Gasteiger partial charge on any atom is -0.263 e. The number of H-pyrrole nitrogens is 1. The molecular formula is C17H15F3N4O2S. The summed E-state index contributed by atoms with van der Waals surface area (Å²) in [5.74, 6) is -1.42. The van der Waals surface area contributed by atoms with Crippen LogP contribution in [0, 0.1) is 17.5 Å². The number of aromatic amines is 1. The number of benzene rings is 2. The van der Waals surface area contributed by atoms with E-state index in [1.807, 2.05) is 0 Å². The summed E-state index contributed by atoms with van der Waals surface area (Å²) in [6.45, 7) is -0.102. The van der Waals surface area contributed by atoms with Crippen LogP contribution in [0.25, 0.3) is 0 Å². The molecule has 0 unspecified atom stereocenters. The van der Waals surface area contributed by atoms with Gasteiger partial charge in [-0.15, -0.1) is 0 Å². The summed E-state index contributed by atoms with van der Waals surface area (Å²) in [4.78, 5) is 3.44. The molecule has 3 rings (SSSR count). The van der Waals surface area contributed by atoms with Crippen LogP contribution in [0.1, 0.15) is 17.2 Å². The molecule has 0 atom stereocenters. The Morgan fingerprint density at radius 1 is 1.04 bits per heavy atom. The van der Waals surface area contributed by atoms with Crippen LogP contribution in [-0.2, 0) is 22.9 Å². The lowest BCUT2D eigenvalue weighted by atomic mass is 10.1. The van der Waals surface area contributed by atoms with Crippen molar-refractivity contribution in [3.8, 4) is 0 Å². The van der Waals surface area contributed by atoms with Gasteiger partial charge in [0.05, 0.1) is 0 Å². The molecule has 1 heterocycles. The van der Waals surface area contributed by atoms with Crippen LogP contribution in [0.3, 0.4) is 0 Å². The largest absolute Gasteiger partial charge is 0.263 e. The Morgan fingerprint density at radius 2 is 1.81 bits per heavy atom. The van der Waals surface area contributed by atoms with E-state index in [9.17, 15) is 21.6 Å². The number of rotatable bonds is 7. The second kappa shape index (κ2) is 7.89. The maximum Gasteiger partial charge on any atom is 0.243 e. The van der Waals surface area contributed by atoms with Gasteiger partial charge in [-0.1, -0.05) is 12.1 Å². The van der Waals surface area contributed by atoms with Gasteiger partial charge in [0.15, 0.2) is 5.82 Å². The van der Waals surface area contributed by atoms with Crippen molar-refractivity contribution >= 4 is 10.0 Å². The van der Waals surface area contributed by atoms with Crippen molar-refractivity contribution in [3.63, 3.8) is 0 Å². The molecule has 1 aromatic heterocycles. The van der Waals surface area contributed by atoms with Gasteiger partial charge in [0.1, 0.15) is 28.2 Å². The zero-order chi connectivity index (χ0) is 19.4. The van der Waals surface area contributed by atoms with Crippen molar-refractivity contribution in [2.24, 2.45) is 0 Å². The second-order valence-electron chi connectivity index (χ2n) is 5.73. The summed E-state index contributed by atoms with van der Waals surface area (Å²) in [5, 5.41) is 6.66. The van der Waals surface area contributed by atoms with Gasteiger partial charge in [-0.05, 0) is 35.9 Å². The first kappa shape index (κ1) is 19.1. The average Bonchev–Trinajstić information content (AvgIpc) is 3.04. The number of halogens is 3. The minimum absolute atomic E-state index is 0.102. The molecule has 0 saturated heterocycles. The minimum atomic E-state index is -4.20. The van der Waals surface area contributed by atoms with Gasteiger partial charge in [0.25, 0.3) is 0 Å². The van der Waals surface area contributed by atoms with E-state index in [-0.39, 0.29) is 18.8 Å². The summed E-state index contributed by atoms with van der Waals surface area (Å²) in [6, 6.07) is 8.24. The Balaban J connectivity index is 1.59. The molecule has 0 spiro atoms. The van der Waals surface area contributed by atoms with Crippen molar-refractivity contribution in [3.05, 3.63) is 77.1 Å². The Kier molecular flexibility index (Phi) is 5.57. The highest BCUT2D eigenvalue weighted by Crippen LogP contribution is 2.15.